The smallest absolute Gasteiger partial charge is 0.0241 e. The van der Waals surface area contributed by atoms with Crippen molar-refractivity contribution in [2.75, 3.05) is 20.6 Å². The highest BCUT2D eigenvalue weighted by Gasteiger charge is 2.40. The van der Waals surface area contributed by atoms with E-state index in [1.54, 1.807) is 0 Å². The van der Waals surface area contributed by atoms with Gasteiger partial charge in [-0.25, -0.2) is 0 Å². The summed E-state index contributed by atoms with van der Waals surface area (Å²) in [6.07, 6.45) is 2.41. The zero-order valence-electron chi connectivity index (χ0n) is 11.8. The number of hydrogen-bond donors (Lipinski definition) is 2. The van der Waals surface area contributed by atoms with Crippen molar-refractivity contribution in [3.8, 4) is 0 Å². The standard InChI is InChI=1S/C13H29N3/c1-12(2)7-10(8-13(3,4)15-12)11(9-14)16(5)6/h10-11,15H,7-9,14H2,1-6H3. The van der Waals surface area contributed by atoms with Crippen LogP contribution < -0.4 is 11.1 Å². The van der Waals surface area contributed by atoms with Gasteiger partial charge in [0.1, 0.15) is 0 Å². The molecule has 0 spiro atoms. The Morgan fingerprint density at radius 3 is 1.94 bits per heavy atom. The van der Waals surface area contributed by atoms with E-state index < -0.39 is 0 Å². The van der Waals surface area contributed by atoms with Gasteiger partial charge in [-0.2, -0.15) is 0 Å². The summed E-state index contributed by atoms with van der Waals surface area (Å²) in [5, 5.41) is 3.72. The second-order valence-corrected chi connectivity index (χ2v) is 6.83. The molecule has 0 aliphatic carbocycles. The van der Waals surface area contributed by atoms with Gasteiger partial charge in [0.25, 0.3) is 0 Å². The summed E-state index contributed by atoms with van der Waals surface area (Å²) in [4.78, 5) is 2.28. The first-order chi connectivity index (χ1) is 7.17. The largest absolute Gasteiger partial charge is 0.329 e. The highest BCUT2D eigenvalue weighted by Crippen LogP contribution is 2.35. The Labute approximate surface area is 101 Å². The van der Waals surface area contributed by atoms with Gasteiger partial charge in [-0.3, -0.25) is 0 Å². The quantitative estimate of drug-likeness (QED) is 0.766. The molecule has 1 heterocycles. The molecule has 3 N–H and O–H groups in total. The number of piperidine rings is 1. The van der Waals surface area contributed by atoms with Gasteiger partial charge in [-0.1, -0.05) is 0 Å². The molecular weight excluding hydrogens is 198 g/mol. The van der Waals surface area contributed by atoms with Crippen molar-refractivity contribution in [1.82, 2.24) is 10.2 Å². The molecule has 3 heteroatoms. The Hall–Kier alpha value is -0.120. The fourth-order valence-corrected chi connectivity index (χ4v) is 3.50. The third-order valence-corrected chi connectivity index (χ3v) is 3.67. The fourth-order valence-electron chi connectivity index (χ4n) is 3.50. The predicted octanol–water partition coefficient (Wildman–Crippen LogP) is 1.43. The van der Waals surface area contributed by atoms with Crippen molar-refractivity contribution in [2.24, 2.45) is 11.7 Å². The van der Waals surface area contributed by atoms with Crippen LogP contribution in [0.5, 0.6) is 0 Å². The van der Waals surface area contributed by atoms with E-state index in [4.69, 9.17) is 5.73 Å². The molecule has 0 saturated carbocycles. The first kappa shape index (κ1) is 13.9. The summed E-state index contributed by atoms with van der Waals surface area (Å²) in [5.41, 5.74) is 6.36. The maximum atomic E-state index is 5.92. The van der Waals surface area contributed by atoms with Gasteiger partial charge in [0.15, 0.2) is 0 Å². The molecular formula is C13H29N3. The van der Waals surface area contributed by atoms with Gasteiger partial charge in [0, 0.05) is 23.7 Å². The monoisotopic (exact) mass is 227 g/mol. The van der Waals surface area contributed by atoms with E-state index in [9.17, 15) is 0 Å². The van der Waals surface area contributed by atoms with Crippen molar-refractivity contribution in [3.05, 3.63) is 0 Å². The van der Waals surface area contributed by atoms with Gasteiger partial charge in [0.2, 0.25) is 0 Å². The van der Waals surface area contributed by atoms with Crippen molar-refractivity contribution in [3.63, 3.8) is 0 Å². The molecule has 1 rings (SSSR count). The van der Waals surface area contributed by atoms with Crippen LogP contribution in [-0.4, -0.2) is 42.7 Å². The first-order valence-corrected chi connectivity index (χ1v) is 6.33. The second kappa shape index (κ2) is 4.63. The zero-order chi connectivity index (χ0) is 12.6. The molecule has 0 aromatic rings. The van der Waals surface area contributed by atoms with Crippen LogP contribution in [0.4, 0.5) is 0 Å². The van der Waals surface area contributed by atoms with Crippen LogP contribution in [0.3, 0.4) is 0 Å². The van der Waals surface area contributed by atoms with E-state index in [0.717, 1.165) is 6.54 Å². The lowest BCUT2D eigenvalue weighted by atomic mass is 9.72. The molecule has 1 atom stereocenters. The van der Waals surface area contributed by atoms with Crippen LogP contribution in [0.2, 0.25) is 0 Å². The Morgan fingerprint density at radius 2 is 1.62 bits per heavy atom. The van der Waals surface area contributed by atoms with Crippen molar-refractivity contribution in [2.45, 2.75) is 57.7 Å². The summed E-state index contributed by atoms with van der Waals surface area (Å²) in [6.45, 7) is 9.94. The lowest BCUT2D eigenvalue weighted by molar-refractivity contribution is 0.0752. The third-order valence-electron chi connectivity index (χ3n) is 3.67. The van der Waals surface area contributed by atoms with Crippen LogP contribution in [0.15, 0.2) is 0 Å². The van der Waals surface area contributed by atoms with E-state index in [2.05, 4.69) is 52.0 Å². The minimum Gasteiger partial charge on any atom is -0.329 e. The molecule has 0 aromatic heterocycles. The van der Waals surface area contributed by atoms with Crippen LogP contribution in [0.25, 0.3) is 0 Å². The first-order valence-electron chi connectivity index (χ1n) is 6.33. The summed E-state index contributed by atoms with van der Waals surface area (Å²) >= 11 is 0. The van der Waals surface area contributed by atoms with Gasteiger partial charge < -0.3 is 16.0 Å². The topological polar surface area (TPSA) is 41.3 Å². The zero-order valence-corrected chi connectivity index (χ0v) is 11.8. The Kier molecular flexibility index (Phi) is 4.04. The second-order valence-electron chi connectivity index (χ2n) is 6.83. The summed E-state index contributed by atoms with van der Waals surface area (Å²) in [7, 11) is 4.28. The van der Waals surface area contributed by atoms with Crippen molar-refractivity contribution in [1.29, 1.82) is 0 Å². The third kappa shape index (κ3) is 3.44. The van der Waals surface area contributed by atoms with Crippen LogP contribution in [-0.2, 0) is 0 Å². The fraction of sp³-hybridized carbons (Fsp3) is 1.00. The average Bonchev–Trinajstić information content (AvgIpc) is 1.97. The van der Waals surface area contributed by atoms with E-state index in [-0.39, 0.29) is 11.1 Å². The van der Waals surface area contributed by atoms with E-state index in [1.165, 1.54) is 12.8 Å². The Balaban J connectivity index is 2.80. The molecule has 0 amide bonds. The summed E-state index contributed by atoms with van der Waals surface area (Å²) in [5.74, 6) is 0.686. The molecule has 3 nitrogen and oxygen atoms in total. The minimum absolute atomic E-state index is 0.218. The van der Waals surface area contributed by atoms with Crippen molar-refractivity contribution < 1.29 is 0 Å². The molecule has 1 unspecified atom stereocenters. The average molecular weight is 227 g/mol. The van der Waals surface area contributed by atoms with E-state index in [1.807, 2.05) is 0 Å². The maximum Gasteiger partial charge on any atom is 0.0241 e. The number of hydrogen-bond acceptors (Lipinski definition) is 3. The maximum absolute atomic E-state index is 5.92. The number of nitrogens with one attached hydrogen (secondary N) is 1. The van der Waals surface area contributed by atoms with Gasteiger partial charge >= 0.3 is 0 Å². The van der Waals surface area contributed by atoms with E-state index in [0.29, 0.717) is 12.0 Å². The molecule has 96 valence electrons. The highest BCUT2D eigenvalue weighted by atomic mass is 15.1. The Morgan fingerprint density at radius 1 is 1.19 bits per heavy atom. The number of nitrogens with two attached hydrogens (primary N) is 1. The molecule has 16 heavy (non-hydrogen) atoms. The molecule has 1 fully saturated rings. The number of likely N-dealkylation sites (N-methyl/N-ethyl adjacent to an activating group) is 1. The number of rotatable bonds is 3. The van der Waals surface area contributed by atoms with Crippen LogP contribution >= 0.6 is 0 Å². The number of nitrogens with zero attached hydrogens (tertiary/aromatic N) is 1. The molecule has 0 radical (unpaired) electrons. The predicted molar refractivity (Wildman–Crippen MR) is 70.5 cm³/mol. The van der Waals surface area contributed by atoms with E-state index >= 15 is 0 Å². The normalized spacial score (nSPS) is 27.0. The summed E-state index contributed by atoms with van der Waals surface area (Å²) < 4.78 is 0. The van der Waals surface area contributed by atoms with Crippen molar-refractivity contribution >= 4 is 0 Å². The Bertz CT molecular complexity index is 217. The minimum atomic E-state index is 0.218. The molecule has 0 bridgehead atoms. The van der Waals surface area contributed by atoms with Gasteiger partial charge in [-0.15, -0.1) is 0 Å². The molecule has 1 aliphatic rings. The van der Waals surface area contributed by atoms with Crippen LogP contribution in [0.1, 0.15) is 40.5 Å². The SMILES string of the molecule is CN(C)C(CN)C1CC(C)(C)NC(C)(C)C1. The lowest BCUT2D eigenvalue weighted by Crippen LogP contribution is -2.61. The lowest BCUT2D eigenvalue weighted by Gasteiger charge is -2.49. The van der Waals surface area contributed by atoms with Crippen LogP contribution in [0, 0.1) is 5.92 Å². The van der Waals surface area contributed by atoms with Gasteiger partial charge in [0.05, 0.1) is 0 Å². The molecule has 0 aromatic carbocycles. The summed E-state index contributed by atoms with van der Waals surface area (Å²) in [6, 6.07) is 0.501. The van der Waals surface area contributed by atoms with Gasteiger partial charge in [-0.05, 0) is 60.5 Å². The highest BCUT2D eigenvalue weighted by molar-refractivity contribution is 5.00. The molecule has 1 aliphatic heterocycles. The molecule has 1 saturated heterocycles.